The number of halogens is 2. The van der Waals surface area contributed by atoms with E-state index in [1.54, 1.807) is 25.3 Å². The van der Waals surface area contributed by atoms with Gasteiger partial charge in [-0.15, -0.1) is 0 Å². The number of nitrogens with one attached hydrogen (secondary N) is 1. The molecule has 0 fully saturated rings. The van der Waals surface area contributed by atoms with Crippen molar-refractivity contribution in [3.8, 4) is 0 Å². The molecule has 0 spiro atoms. The van der Waals surface area contributed by atoms with Crippen molar-refractivity contribution in [3.63, 3.8) is 0 Å². The molecule has 0 unspecified atom stereocenters. The van der Waals surface area contributed by atoms with Crippen LogP contribution >= 0.6 is 11.6 Å². The first kappa shape index (κ1) is 19.5. The molecular weight excluding hydrogens is 391 g/mol. The second kappa shape index (κ2) is 8.17. The molecule has 0 aliphatic carbocycles. The molecule has 9 nitrogen and oxygen atoms in total. The summed E-state index contributed by atoms with van der Waals surface area (Å²) in [4.78, 5) is 22.2. The van der Waals surface area contributed by atoms with Gasteiger partial charge in [-0.05, 0) is 24.0 Å². The lowest BCUT2D eigenvalue weighted by Crippen LogP contribution is -2.16. The van der Waals surface area contributed by atoms with Crippen LogP contribution in [0.15, 0.2) is 36.5 Å². The number of amides is 1. The van der Waals surface area contributed by atoms with E-state index in [0.717, 1.165) is 0 Å². The van der Waals surface area contributed by atoms with Gasteiger partial charge in [0.15, 0.2) is 5.82 Å². The standard InChI is InChI=1S/C17H16ClFN6O3/c1-11-9-16(25(27)28)22-24(11)8-6-17(26)20-15-5-7-23(21-15)10-12-13(18)3-2-4-14(12)19/h2-5,7,9H,6,8,10H2,1H3,(H,20,21,26). The van der Waals surface area contributed by atoms with Crippen molar-refractivity contribution in [3.05, 3.63) is 68.7 Å². The summed E-state index contributed by atoms with van der Waals surface area (Å²) in [5.41, 5.74) is 0.895. The van der Waals surface area contributed by atoms with Crippen molar-refractivity contribution in [1.29, 1.82) is 0 Å². The second-order valence-electron chi connectivity index (χ2n) is 6.02. The third-order valence-electron chi connectivity index (χ3n) is 4.00. The third-order valence-corrected chi connectivity index (χ3v) is 4.35. The monoisotopic (exact) mass is 406 g/mol. The first-order valence-corrected chi connectivity index (χ1v) is 8.66. The van der Waals surface area contributed by atoms with Crippen LogP contribution in [-0.2, 0) is 17.9 Å². The molecule has 28 heavy (non-hydrogen) atoms. The Morgan fingerprint density at radius 3 is 2.82 bits per heavy atom. The van der Waals surface area contributed by atoms with Gasteiger partial charge in [0.1, 0.15) is 5.82 Å². The molecule has 0 radical (unpaired) electrons. The van der Waals surface area contributed by atoms with Crippen LogP contribution in [0.4, 0.5) is 16.0 Å². The minimum atomic E-state index is -0.585. The summed E-state index contributed by atoms with van der Waals surface area (Å²) in [6, 6.07) is 7.35. The molecule has 0 saturated heterocycles. The fraction of sp³-hybridized carbons (Fsp3) is 0.235. The Bertz CT molecular complexity index is 1010. The summed E-state index contributed by atoms with van der Waals surface area (Å²) >= 11 is 6.00. The van der Waals surface area contributed by atoms with Crippen LogP contribution in [0.25, 0.3) is 0 Å². The number of hydrogen-bond donors (Lipinski definition) is 1. The maximum Gasteiger partial charge on any atom is 0.390 e. The molecule has 3 aromatic rings. The van der Waals surface area contributed by atoms with E-state index < -0.39 is 10.7 Å². The van der Waals surface area contributed by atoms with Crippen molar-refractivity contribution in [2.75, 3.05) is 5.32 Å². The zero-order chi connectivity index (χ0) is 20.3. The fourth-order valence-corrected chi connectivity index (χ4v) is 2.81. The number of carbonyl (C=O) groups is 1. The van der Waals surface area contributed by atoms with Crippen molar-refractivity contribution in [1.82, 2.24) is 19.6 Å². The zero-order valence-corrected chi connectivity index (χ0v) is 15.6. The second-order valence-corrected chi connectivity index (χ2v) is 6.43. The lowest BCUT2D eigenvalue weighted by atomic mass is 10.2. The highest BCUT2D eigenvalue weighted by Gasteiger charge is 2.16. The molecule has 0 aliphatic heterocycles. The number of aryl methyl sites for hydroxylation is 2. The number of nitro groups is 1. The van der Waals surface area contributed by atoms with Crippen LogP contribution in [0, 0.1) is 22.9 Å². The first-order chi connectivity index (χ1) is 13.3. The van der Waals surface area contributed by atoms with Crippen molar-refractivity contribution < 1.29 is 14.1 Å². The summed E-state index contributed by atoms with van der Waals surface area (Å²) in [6.07, 6.45) is 1.66. The topological polar surface area (TPSA) is 108 Å². The van der Waals surface area contributed by atoms with E-state index in [-0.39, 0.29) is 31.2 Å². The molecule has 0 atom stereocenters. The molecule has 11 heteroatoms. The number of benzene rings is 1. The van der Waals surface area contributed by atoms with Crippen molar-refractivity contribution in [2.45, 2.75) is 26.4 Å². The Kier molecular flexibility index (Phi) is 5.69. The first-order valence-electron chi connectivity index (χ1n) is 8.28. The Balaban J connectivity index is 1.57. The highest BCUT2D eigenvalue weighted by atomic mass is 35.5. The van der Waals surface area contributed by atoms with Crippen LogP contribution in [-0.4, -0.2) is 30.4 Å². The molecule has 1 N–H and O–H groups in total. The van der Waals surface area contributed by atoms with Gasteiger partial charge in [0.25, 0.3) is 0 Å². The maximum absolute atomic E-state index is 13.9. The molecular formula is C17H16ClFN6O3. The van der Waals surface area contributed by atoms with E-state index in [1.807, 2.05) is 0 Å². The summed E-state index contributed by atoms with van der Waals surface area (Å²) in [7, 11) is 0. The maximum atomic E-state index is 13.9. The number of aromatic nitrogens is 4. The van der Waals surface area contributed by atoms with Crippen LogP contribution in [0.1, 0.15) is 17.7 Å². The average Bonchev–Trinajstić information content (AvgIpc) is 3.23. The highest BCUT2D eigenvalue weighted by molar-refractivity contribution is 6.31. The Morgan fingerprint density at radius 1 is 1.36 bits per heavy atom. The molecule has 2 heterocycles. The number of hydrogen-bond acceptors (Lipinski definition) is 5. The van der Waals surface area contributed by atoms with Gasteiger partial charge < -0.3 is 15.4 Å². The van der Waals surface area contributed by atoms with E-state index in [1.165, 1.54) is 27.6 Å². The smallest absolute Gasteiger partial charge is 0.358 e. The Hall–Kier alpha value is -3.27. The summed E-state index contributed by atoms with van der Waals surface area (Å²) < 4.78 is 16.7. The molecule has 1 aromatic carbocycles. The van der Waals surface area contributed by atoms with Gasteiger partial charge in [0.2, 0.25) is 5.91 Å². The van der Waals surface area contributed by atoms with E-state index in [2.05, 4.69) is 15.5 Å². The number of anilines is 1. The number of nitrogens with zero attached hydrogens (tertiary/aromatic N) is 5. The van der Waals surface area contributed by atoms with Gasteiger partial charge in [0, 0.05) is 29.3 Å². The van der Waals surface area contributed by atoms with Crippen LogP contribution in [0.2, 0.25) is 5.02 Å². The largest absolute Gasteiger partial charge is 0.390 e. The predicted octanol–water partition coefficient (Wildman–Crippen LogP) is 3.17. The average molecular weight is 407 g/mol. The third kappa shape index (κ3) is 4.52. The van der Waals surface area contributed by atoms with Gasteiger partial charge in [-0.3, -0.25) is 9.48 Å². The van der Waals surface area contributed by atoms with Crippen LogP contribution < -0.4 is 5.32 Å². The van der Waals surface area contributed by atoms with Gasteiger partial charge in [-0.1, -0.05) is 17.7 Å². The summed E-state index contributed by atoms with van der Waals surface area (Å²) in [5.74, 6) is -0.715. The lowest BCUT2D eigenvalue weighted by molar-refractivity contribution is -0.389. The number of carbonyl (C=O) groups excluding carboxylic acids is 1. The predicted molar refractivity (Wildman–Crippen MR) is 99.6 cm³/mol. The minimum absolute atomic E-state index is 0.0612. The van der Waals surface area contributed by atoms with E-state index in [9.17, 15) is 19.3 Å². The van der Waals surface area contributed by atoms with Gasteiger partial charge >= 0.3 is 5.82 Å². The van der Waals surface area contributed by atoms with Gasteiger partial charge in [0.05, 0.1) is 29.9 Å². The van der Waals surface area contributed by atoms with Gasteiger partial charge in [-0.2, -0.15) is 9.78 Å². The van der Waals surface area contributed by atoms with E-state index in [0.29, 0.717) is 22.1 Å². The van der Waals surface area contributed by atoms with Crippen LogP contribution in [0.5, 0.6) is 0 Å². The lowest BCUT2D eigenvalue weighted by Gasteiger charge is -2.06. The number of rotatable bonds is 7. The Morgan fingerprint density at radius 2 is 2.14 bits per heavy atom. The quantitative estimate of drug-likeness (QED) is 0.479. The normalized spacial score (nSPS) is 10.8. The summed E-state index contributed by atoms with van der Waals surface area (Å²) in [6.45, 7) is 1.99. The van der Waals surface area contributed by atoms with Crippen LogP contribution in [0.3, 0.4) is 0 Å². The molecule has 0 bridgehead atoms. The van der Waals surface area contributed by atoms with Gasteiger partial charge in [-0.25, -0.2) is 4.39 Å². The molecule has 0 saturated carbocycles. The van der Waals surface area contributed by atoms with Crippen molar-refractivity contribution in [2.24, 2.45) is 0 Å². The molecule has 146 valence electrons. The fourth-order valence-electron chi connectivity index (χ4n) is 2.58. The minimum Gasteiger partial charge on any atom is -0.358 e. The Labute approximate surface area is 163 Å². The molecule has 2 aromatic heterocycles. The SMILES string of the molecule is Cc1cc([N+](=O)[O-])nn1CCC(=O)Nc1ccn(Cc2c(F)cccc2Cl)n1. The molecule has 1 amide bonds. The van der Waals surface area contributed by atoms with Crippen molar-refractivity contribution >= 4 is 29.1 Å². The zero-order valence-electron chi connectivity index (χ0n) is 14.8. The molecule has 0 aliphatic rings. The van der Waals surface area contributed by atoms with E-state index in [4.69, 9.17) is 11.6 Å². The van der Waals surface area contributed by atoms with E-state index >= 15 is 0 Å². The highest BCUT2D eigenvalue weighted by Crippen LogP contribution is 2.20. The summed E-state index contributed by atoms with van der Waals surface area (Å²) in [5, 5.41) is 21.7. The molecule has 3 rings (SSSR count).